The quantitative estimate of drug-likeness (QED) is 0.403. The highest BCUT2D eigenvalue weighted by Crippen LogP contribution is 2.29. The molecule has 5 heteroatoms. The summed E-state index contributed by atoms with van der Waals surface area (Å²) in [7, 11) is 0. The zero-order chi connectivity index (χ0) is 23.1. The van der Waals surface area contributed by atoms with Gasteiger partial charge in [-0.05, 0) is 72.2 Å². The monoisotopic (exact) mass is 449 g/mol. The number of amides is 1. The van der Waals surface area contributed by atoms with Crippen molar-refractivity contribution < 1.29 is 4.79 Å². The molecule has 0 saturated carbocycles. The first-order chi connectivity index (χ1) is 15.5. The molecule has 170 valence electrons. The number of aryl methyl sites for hydroxylation is 2. The number of benzene rings is 2. The van der Waals surface area contributed by atoms with Gasteiger partial charge in [0.15, 0.2) is 0 Å². The topological polar surface area (TPSA) is 53.2 Å². The van der Waals surface area contributed by atoms with Crippen LogP contribution < -0.4 is 16.0 Å². The molecule has 1 aliphatic rings. The molecule has 2 aromatic carbocycles. The highest BCUT2D eigenvalue weighted by atomic mass is 32.1. The molecule has 0 bridgehead atoms. The molecule has 4 rings (SSSR count). The van der Waals surface area contributed by atoms with Crippen molar-refractivity contribution in [3.05, 3.63) is 76.2 Å². The van der Waals surface area contributed by atoms with E-state index in [0.29, 0.717) is 6.04 Å². The highest BCUT2D eigenvalue weighted by Gasteiger charge is 2.19. The largest absolute Gasteiger partial charge is 0.380 e. The van der Waals surface area contributed by atoms with E-state index >= 15 is 0 Å². The second-order valence-electron chi connectivity index (χ2n) is 8.02. The summed E-state index contributed by atoms with van der Waals surface area (Å²) in [6.07, 6.45) is 0.968. The summed E-state index contributed by atoms with van der Waals surface area (Å²) < 4.78 is 0. The van der Waals surface area contributed by atoms with Gasteiger partial charge in [-0.2, -0.15) is 0 Å². The van der Waals surface area contributed by atoms with Crippen LogP contribution in [0.4, 0.5) is 5.69 Å². The molecule has 1 saturated heterocycles. The van der Waals surface area contributed by atoms with Crippen LogP contribution in [-0.2, 0) is 6.42 Å². The Morgan fingerprint density at radius 2 is 1.94 bits per heavy atom. The lowest BCUT2D eigenvalue weighted by Gasteiger charge is -2.29. The van der Waals surface area contributed by atoms with Crippen molar-refractivity contribution in [2.24, 2.45) is 0 Å². The number of hydrogen-bond acceptors (Lipinski definition) is 4. The second-order valence-corrected chi connectivity index (χ2v) is 8.97. The summed E-state index contributed by atoms with van der Waals surface area (Å²) in [5.41, 5.74) is 6.35. The third kappa shape index (κ3) is 5.78. The first kappa shape index (κ1) is 24.0. The average Bonchev–Trinajstić information content (AvgIpc) is 3.33. The molecule has 1 amide bonds. The van der Waals surface area contributed by atoms with E-state index in [-0.39, 0.29) is 11.9 Å². The van der Waals surface area contributed by atoms with Gasteiger partial charge < -0.3 is 16.0 Å². The number of anilines is 1. The van der Waals surface area contributed by atoms with Gasteiger partial charge in [-0.3, -0.25) is 4.79 Å². The van der Waals surface area contributed by atoms with Gasteiger partial charge >= 0.3 is 0 Å². The van der Waals surface area contributed by atoms with Gasteiger partial charge in [0.2, 0.25) is 0 Å². The number of carbonyl (C=O) groups excluding carboxylic acids is 1. The van der Waals surface area contributed by atoms with E-state index in [4.69, 9.17) is 0 Å². The summed E-state index contributed by atoms with van der Waals surface area (Å²) in [5.74, 6) is -0.0324. The Labute approximate surface area is 196 Å². The maximum atomic E-state index is 13.1. The summed E-state index contributed by atoms with van der Waals surface area (Å²) in [6.45, 7) is 12.1. The molecule has 0 radical (unpaired) electrons. The Hall–Kier alpha value is -2.63. The van der Waals surface area contributed by atoms with Crippen LogP contribution in [0, 0.1) is 6.92 Å². The fourth-order valence-electron chi connectivity index (χ4n) is 3.70. The van der Waals surface area contributed by atoms with Gasteiger partial charge in [0.25, 0.3) is 5.91 Å². The van der Waals surface area contributed by atoms with Crippen molar-refractivity contribution >= 4 is 22.9 Å². The van der Waals surface area contributed by atoms with Crippen LogP contribution in [-0.4, -0.2) is 25.0 Å². The van der Waals surface area contributed by atoms with E-state index in [1.165, 1.54) is 16.0 Å². The minimum Gasteiger partial charge on any atom is -0.380 e. The van der Waals surface area contributed by atoms with Crippen LogP contribution in [0.2, 0.25) is 0 Å². The van der Waals surface area contributed by atoms with E-state index < -0.39 is 0 Å². The SMILES string of the molecule is CC.CCc1cc(-c2cccs2)cc(C(C)NC(=O)c2cc(NC3CNC3)ccc2C)c1. The molecule has 32 heavy (non-hydrogen) atoms. The Morgan fingerprint density at radius 3 is 2.56 bits per heavy atom. The predicted molar refractivity (Wildman–Crippen MR) is 138 cm³/mol. The van der Waals surface area contributed by atoms with Crippen molar-refractivity contribution in [1.82, 2.24) is 10.6 Å². The van der Waals surface area contributed by atoms with Crippen molar-refractivity contribution in [2.75, 3.05) is 18.4 Å². The highest BCUT2D eigenvalue weighted by molar-refractivity contribution is 7.13. The number of nitrogens with one attached hydrogen (secondary N) is 3. The second kappa shape index (κ2) is 11.3. The molecule has 4 nitrogen and oxygen atoms in total. The van der Waals surface area contributed by atoms with Gasteiger partial charge in [0.1, 0.15) is 0 Å². The van der Waals surface area contributed by atoms with Gasteiger partial charge in [-0.1, -0.05) is 45.0 Å². The maximum absolute atomic E-state index is 13.1. The summed E-state index contributed by atoms with van der Waals surface area (Å²) in [4.78, 5) is 14.3. The molecule has 0 aliphatic carbocycles. The molecule has 3 aromatic rings. The van der Waals surface area contributed by atoms with Crippen molar-refractivity contribution in [3.63, 3.8) is 0 Å². The summed E-state index contributed by atoms with van der Waals surface area (Å²) in [6, 6.07) is 17.3. The van der Waals surface area contributed by atoms with Crippen molar-refractivity contribution in [2.45, 2.75) is 53.1 Å². The fourth-order valence-corrected chi connectivity index (χ4v) is 4.41. The van der Waals surface area contributed by atoms with Gasteiger partial charge in [-0.15, -0.1) is 11.3 Å². The molecule has 2 heterocycles. The molecular weight excluding hydrogens is 414 g/mol. The van der Waals surface area contributed by atoms with Crippen LogP contribution in [0.15, 0.2) is 53.9 Å². The molecule has 3 N–H and O–H groups in total. The standard InChI is InChI=1S/C25H29N3OS.C2H6/c1-4-18-10-19(12-20(11-18)24-6-5-9-30-24)17(3)27-25(29)23-13-21(8-7-16(23)2)28-22-14-26-15-22;1-2/h5-13,17,22,26,28H,4,14-15H2,1-3H3,(H,27,29);1-2H3. The van der Waals surface area contributed by atoms with Crippen LogP contribution in [0.1, 0.15) is 60.8 Å². The Morgan fingerprint density at radius 1 is 1.16 bits per heavy atom. The first-order valence-corrected chi connectivity index (χ1v) is 12.5. The molecular formula is C27H35N3OS. The maximum Gasteiger partial charge on any atom is 0.252 e. The average molecular weight is 450 g/mol. The molecule has 0 spiro atoms. The zero-order valence-electron chi connectivity index (χ0n) is 19.8. The van der Waals surface area contributed by atoms with Gasteiger partial charge in [0.05, 0.1) is 12.1 Å². The van der Waals surface area contributed by atoms with E-state index in [1.54, 1.807) is 11.3 Å². The Kier molecular flexibility index (Phi) is 8.48. The van der Waals surface area contributed by atoms with Crippen molar-refractivity contribution in [1.29, 1.82) is 0 Å². The van der Waals surface area contributed by atoms with Crippen LogP contribution in [0.3, 0.4) is 0 Å². The van der Waals surface area contributed by atoms with E-state index in [9.17, 15) is 4.79 Å². The minimum absolute atomic E-state index is 0.0324. The van der Waals surface area contributed by atoms with Crippen LogP contribution in [0.5, 0.6) is 0 Å². The van der Waals surface area contributed by atoms with Gasteiger partial charge in [-0.25, -0.2) is 0 Å². The fraction of sp³-hybridized carbons (Fsp3) is 0.370. The van der Waals surface area contributed by atoms with E-state index in [2.05, 4.69) is 65.5 Å². The third-order valence-electron chi connectivity index (χ3n) is 5.71. The molecule has 1 unspecified atom stereocenters. The summed E-state index contributed by atoms with van der Waals surface area (Å²) >= 11 is 1.74. The smallest absolute Gasteiger partial charge is 0.252 e. The van der Waals surface area contributed by atoms with Crippen LogP contribution >= 0.6 is 11.3 Å². The lowest BCUT2D eigenvalue weighted by Crippen LogP contribution is -2.51. The molecule has 1 atom stereocenters. The lowest BCUT2D eigenvalue weighted by molar-refractivity contribution is 0.0939. The Balaban J connectivity index is 0.00000141. The van der Waals surface area contributed by atoms with Crippen LogP contribution in [0.25, 0.3) is 10.4 Å². The number of rotatable bonds is 7. The molecule has 1 fully saturated rings. The zero-order valence-corrected chi connectivity index (χ0v) is 20.6. The predicted octanol–water partition coefficient (Wildman–Crippen LogP) is 6.19. The number of carbonyl (C=O) groups is 1. The van der Waals surface area contributed by atoms with Crippen molar-refractivity contribution in [3.8, 4) is 10.4 Å². The number of hydrogen-bond donors (Lipinski definition) is 3. The Bertz CT molecular complexity index is 1030. The molecule has 1 aliphatic heterocycles. The van der Waals surface area contributed by atoms with E-state index in [1.807, 2.05) is 39.0 Å². The normalized spacial score (nSPS) is 14.0. The third-order valence-corrected chi connectivity index (χ3v) is 6.63. The molecule has 1 aromatic heterocycles. The lowest BCUT2D eigenvalue weighted by atomic mass is 9.98. The summed E-state index contributed by atoms with van der Waals surface area (Å²) in [5, 5.41) is 12.0. The van der Waals surface area contributed by atoms with E-state index in [0.717, 1.165) is 41.9 Å². The number of thiophene rings is 1. The minimum atomic E-state index is -0.0745. The first-order valence-electron chi connectivity index (χ1n) is 11.6. The van der Waals surface area contributed by atoms with Gasteiger partial charge in [0, 0.05) is 29.2 Å².